The van der Waals surface area contributed by atoms with Gasteiger partial charge in [-0.2, -0.15) is 4.98 Å². The largest absolute Gasteiger partial charge is 0.324 e. The zero-order valence-electron chi connectivity index (χ0n) is 22.2. The van der Waals surface area contributed by atoms with Gasteiger partial charge >= 0.3 is 0 Å². The van der Waals surface area contributed by atoms with Crippen molar-refractivity contribution in [2.45, 2.75) is 18.9 Å². The number of thiazole rings is 1. The predicted molar refractivity (Wildman–Crippen MR) is 164 cm³/mol. The summed E-state index contributed by atoms with van der Waals surface area (Å²) < 4.78 is 1.70. The van der Waals surface area contributed by atoms with E-state index < -0.39 is 0 Å². The summed E-state index contributed by atoms with van der Waals surface area (Å²) in [4.78, 5) is 32.0. The zero-order chi connectivity index (χ0) is 27.6. The normalized spacial score (nSPS) is 14.9. The van der Waals surface area contributed by atoms with Gasteiger partial charge in [-0.3, -0.25) is 14.3 Å². The lowest BCUT2D eigenvalue weighted by molar-refractivity contribution is 0.763. The molecule has 6 aromatic rings. The number of hydrogen-bond acceptors (Lipinski definition) is 8. The Morgan fingerprint density at radius 1 is 0.951 bits per heavy atom. The lowest BCUT2D eigenvalue weighted by Crippen LogP contribution is -2.24. The van der Waals surface area contributed by atoms with E-state index in [1.165, 1.54) is 16.9 Å². The highest BCUT2D eigenvalue weighted by molar-refractivity contribution is 7.09. The predicted octanol–water partition coefficient (Wildman–Crippen LogP) is 5.85. The molecule has 1 aliphatic heterocycles. The Kier molecular flexibility index (Phi) is 6.80. The number of aromatic nitrogens is 5. The molecule has 1 aliphatic rings. The van der Waals surface area contributed by atoms with Crippen LogP contribution in [0.5, 0.6) is 0 Å². The maximum absolute atomic E-state index is 13.9. The van der Waals surface area contributed by atoms with Gasteiger partial charge in [0.2, 0.25) is 5.95 Å². The van der Waals surface area contributed by atoms with E-state index in [0.29, 0.717) is 29.6 Å². The van der Waals surface area contributed by atoms with Gasteiger partial charge in [-0.15, -0.1) is 11.3 Å². The zero-order valence-corrected chi connectivity index (χ0v) is 23.0. The molecule has 2 aromatic carbocycles. The summed E-state index contributed by atoms with van der Waals surface area (Å²) in [5, 5.41) is 10.3. The third kappa shape index (κ3) is 5.25. The van der Waals surface area contributed by atoms with Crippen molar-refractivity contribution >= 4 is 34.0 Å². The number of anilines is 2. The molecule has 5 heterocycles. The Balaban J connectivity index is 1.25. The van der Waals surface area contributed by atoms with Gasteiger partial charge in [0.1, 0.15) is 10.7 Å². The van der Waals surface area contributed by atoms with E-state index in [-0.39, 0.29) is 5.56 Å². The molecule has 0 radical (unpaired) electrons. The van der Waals surface area contributed by atoms with E-state index in [2.05, 4.69) is 49.9 Å². The van der Waals surface area contributed by atoms with E-state index >= 15 is 0 Å². The second-order valence-corrected chi connectivity index (χ2v) is 11.1. The number of fused-ring (bicyclic) bond motifs is 1. The van der Waals surface area contributed by atoms with Gasteiger partial charge in [0.15, 0.2) is 0 Å². The summed E-state index contributed by atoms with van der Waals surface area (Å²) in [5.74, 6) is 0.996. The van der Waals surface area contributed by atoms with Gasteiger partial charge in [-0.1, -0.05) is 42.5 Å². The Morgan fingerprint density at radius 2 is 1.80 bits per heavy atom. The quantitative estimate of drug-likeness (QED) is 0.254. The van der Waals surface area contributed by atoms with Gasteiger partial charge in [-0.05, 0) is 65.4 Å². The lowest BCUT2D eigenvalue weighted by Gasteiger charge is -2.14. The molecule has 2 N–H and O–H groups in total. The summed E-state index contributed by atoms with van der Waals surface area (Å²) in [5.41, 5.74) is 6.16. The van der Waals surface area contributed by atoms with Crippen molar-refractivity contribution < 1.29 is 0 Å². The van der Waals surface area contributed by atoms with Crippen LogP contribution in [0.1, 0.15) is 22.9 Å². The molecule has 1 atom stereocenters. The SMILES string of the molecule is O=c1c(-c2ccc(-c3cccnc3)cc2)cc2cnc(Nc3ccc(C4CCNC4)cc3)nc2n1Cc1nccs1. The smallest absolute Gasteiger partial charge is 0.260 e. The van der Waals surface area contributed by atoms with Crippen molar-refractivity contribution in [1.29, 1.82) is 0 Å². The number of nitrogens with one attached hydrogen (secondary N) is 2. The molecule has 0 bridgehead atoms. The van der Waals surface area contributed by atoms with Crippen molar-refractivity contribution in [1.82, 2.24) is 29.8 Å². The summed E-state index contributed by atoms with van der Waals surface area (Å²) in [6, 6.07) is 22.2. The third-order valence-electron chi connectivity index (χ3n) is 7.49. The first-order valence-corrected chi connectivity index (χ1v) is 14.5. The second-order valence-electron chi connectivity index (χ2n) is 10.1. The highest BCUT2D eigenvalue weighted by Crippen LogP contribution is 2.27. The molecule has 202 valence electrons. The summed E-state index contributed by atoms with van der Waals surface area (Å²) in [6.45, 7) is 2.42. The second kappa shape index (κ2) is 11.0. The topological polar surface area (TPSA) is 97.6 Å². The van der Waals surface area contributed by atoms with Crippen molar-refractivity contribution in [3.63, 3.8) is 0 Å². The van der Waals surface area contributed by atoms with E-state index in [1.807, 2.05) is 54.0 Å². The lowest BCUT2D eigenvalue weighted by atomic mass is 9.98. The van der Waals surface area contributed by atoms with Crippen LogP contribution < -0.4 is 16.2 Å². The van der Waals surface area contributed by atoms with Crippen LogP contribution in [0.25, 0.3) is 33.3 Å². The van der Waals surface area contributed by atoms with Crippen LogP contribution in [0.15, 0.2) is 102 Å². The maximum Gasteiger partial charge on any atom is 0.260 e. The molecule has 0 spiro atoms. The molecule has 1 unspecified atom stereocenters. The molecular formula is C32H27N7OS. The minimum absolute atomic E-state index is 0.124. The Bertz CT molecular complexity index is 1850. The summed E-state index contributed by atoms with van der Waals surface area (Å²) >= 11 is 1.51. The standard InChI is InChI=1S/C32H27N7OS/c40-31-28(23-5-3-21(4-6-23)24-2-1-12-33-17-24)16-26-19-36-32(38-30(26)39(31)20-29-35-14-15-41-29)37-27-9-7-22(8-10-27)25-11-13-34-18-25/h1-10,12,14-17,19,25,34H,11,13,18,20H2,(H,36,37,38). The molecule has 41 heavy (non-hydrogen) atoms. The molecular weight excluding hydrogens is 530 g/mol. The number of pyridine rings is 2. The van der Waals surface area contributed by atoms with Gasteiger partial charge in [0.25, 0.3) is 5.56 Å². The highest BCUT2D eigenvalue weighted by atomic mass is 32.1. The minimum Gasteiger partial charge on any atom is -0.324 e. The van der Waals surface area contributed by atoms with Crippen LogP contribution in [0.4, 0.5) is 11.6 Å². The number of benzene rings is 2. The van der Waals surface area contributed by atoms with Gasteiger partial charge in [-0.25, -0.2) is 9.97 Å². The molecule has 8 nitrogen and oxygen atoms in total. The fourth-order valence-electron chi connectivity index (χ4n) is 5.32. The van der Waals surface area contributed by atoms with Crippen LogP contribution >= 0.6 is 11.3 Å². The minimum atomic E-state index is -0.124. The van der Waals surface area contributed by atoms with Crippen LogP contribution in [-0.2, 0) is 6.54 Å². The number of hydrogen-bond donors (Lipinski definition) is 2. The Labute approximate surface area is 240 Å². The van der Waals surface area contributed by atoms with Crippen LogP contribution in [0.2, 0.25) is 0 Å². The average molecular weight is 558 g/mol. The van der Waals surface area contributed by atoms with Gasteiger partial charge < -0.3 is 10.6 Å². The molecule has 4 aromatic heterocycles. The van der Waals surface area contributed by atoms with Gasteiger partial charge in [0.05, 0.1) is 6.54 Å². The fourth-order valence-corrected chi connectivity index (χ4v) is 5.93. The molecule has 0 aliphatic carbocycles. The van der Waals surface area contributed by atoms with Crippen LogP contribution in [0, 0.1) is 0 Å². The monoisotopic (exact) mass is 557 g/mol. The fraction of sp³-hybridized carbons (Fsp3) is 0.156. The molecule has 0 saturated carbocycles. The van der Waals surface area contributed by atoms with E-state index in [9.17, 15) is 4.79 Å². The third-order valence-corrected chi connectivity index (χ3v) is 8.26. The first kappa shape index (κ1) is 25.3. The molecule has 7 rings (SSSR count). The van der Waals surface area contributed by atoms with E-state index in [1.54, 1.807) is 23.2 Å². The van der Waals surface area contributed by atoms with Crippen molar-refractivity contribution in [3.05, 3.63) is 118 Å². The van der Waals surface area contributed by atoms with Crippen molar-refractivity contribution in [2.75, 3.05) is 18.4 Å². The highest BCUT2D eigenvalue weighted by Gasteiger charge is 2.17. The first-order chi connectivity index (χ1) is 20.2. The van der Waals surface area contributed by atoms with E-state index in [0.717, 1.165) is 52.3 Å². The van der Waals surface area contributed by atoms with Crippen LogP contribution in [0.3, 0.4) is 0 Å². The maximum atomic E-state index is 13.9. The Hall–Kier alpha value is -4.73. The van der Waals surface area contributed by atoms with Crippen LogP contribution in [-0.4, -0.2) is 37.6 Å². The van der Waals surface area contributed by atoms with Crippen molar-refractivity contribution in [3.8, 4) is 22.3 Å². The van der Waals surface area contributed by atoms with Gasteiger partial charge in [0, 0.05) is 53.3 Å². The Morgan fingerprint density at radius 3 is 2.54 bits per heavy atom. The molecule has 1 fully saturated rings. The molecule has 1 saturated heterocycles. The molecule has 0 amide bonds. The summed E-state index contributed by atoms with van der Waals surface area (Å²) in [7, 11) is 0. The number of rotatable bonds is 7. The van der Waals surface area contributed by atoms with Crippen molar-refractivity contribution in [2.24, 2.45) is 0 Å². The first-order valence-electron chi connectivity index (χ1n) is 13.6. The number of nitrogens with zero attached hydrogens (tertiary/aromatic N) is 5. The average Bonchev–Trinajstić information content (AvgIpc) is 3.75. The summed E-state index contributed by atoms with van der Waals surface area (Å²) in [6.07, 6.45) is 8.27. The van der Waals surface area contributed by atoms with E-state index in [4.69, 9.17) is 4.98 Å². The molecule has 9 heteroatoms.